The SMILES string of the molecule is CCCCCC(C)COc1ccc(-c2ccc(C(=O)OC(C)c3ccc(C)cc3)cc2)cc1. The molecule has 2 atom stereocenters. The van der Waals surface area contributed by atoms with E-state index in [4.69, 9.17) is 9.47 Å². The third-order valence-corrected chi connectivity index (χ3v) is 5.97. The van der Waals surface area contributed by atoms with Gasteiger partial charge < -0.3 is 9.47 Å². The Balaban J connectivity index is 1.53. The Hall–Kier alpha value is -3.07. The molecular formula is C30H36O3. The van der Waals surface area contributed by atoms with E-state index >= 15 is 0 Å². The second kappa shape index (κ2) is 12.2. The fourth-order valence-corrected chi connectivity index (χ4v) is 3.74. The van der Waals surface area contributed by atoms with E-state index in [2.05, 4.69) is 26.0 Å². The molecule has 0 amide bonds. The van der Waals surface area contributed by atoms with E-state index in [9.17, 15) is 4.79 Å². The van der Waals surface area contributed by atoms with Crippen LogP contribution < -0.4 is 4.74 Å². The molecule has 3 heteroatoms. The number of hydrogen-bond donors (Lipinski definition) is 0. The maximum atomic E-state index is 12.6. The number of esters is 1. The Bertz CT molecular complexity index is 988. The van der Waals surface area contributed by atoms with Crippen molar-refractivity contribution in [3.8, 4) is 16.9 Å². The first kappa shape index (κ1) is 24.6. The molecule has 0 saturated heterocycles. The number of rotatable bonds is 11. The van der Waals surface area contributed by atoms with E-state index in [0.29, 0.717) is 11.5 Å². The predicted octanol–water partition coefficient (Wildman–Crippen LogP) is 8.18. The van der Waals surface area contributed by atoms with Crippen molar-refractivity contribution < 1.29 is 14.3 Å². The minimum Gasteiger partial charge on any atom is -0.493 e. The Kier molecular flexibility index (Phi) is 9.12. The highest BCUT2D eigenvalue weighted by atomic mass is 16.5. The molecule has 0 radical (unpaired) electrons. The van der Waals surface area contributed by atoms with E-state index in [1.54, 1.807) is 0 Å². The topological polar surface area (TPSA) is 35.5 Å². The number of ether oxygens (including phenoxy) is 2. The lowest BCUT2D eigenvalue weighted by molar-refractivity contribution is 0.0338. The van der Waals surface area contributed by atoms with Gasteiger partial charge >= 0.3 is 5.97 Å². The molecule has 0 aliphatic rings. The lowest BCUT2D eigenvalue weighted by atomic mass is 10.0. The third-order valence-electron chi connectivity index (χ3n) is 5.97. The number of hydrogen-bond acceptors (Lipinski definition) is 3. The summed E-state index contributed by atoms with van der Waals surface area (Å²) in [5.74, 6) is 1.15. The maximum Gasteiger partial charge on any atom is 0.338 e. The fourth-order valence-electron chi connectivity index (χ4n) is 3.74. The zero-order chi connectivity index (χ0) is 23.6. The molecule has 0 aromatic heterocycles. The molecule has 33 heavy (non-hydrogen) atoms. The van der Waals surface area contributed by atoms with Gasteiger partial charge in [0.1, 0.15) is 11.9 Å². The van der Waals surface area contributed by atoms with Gasteiger partial charge in [-0.15, -0.1) is 0 Å². The van der Waals surface area contributed by atoms with Crippen molar-refractivity contribution in [1.82, 2.24) is 0 Å². The van der Waals surface area contributed by atoms with Crippen LogP contribution >= 0.6 is 0 Å². The van der Waals surface area contributed by atoms with E-state index in [0.717, 1.165) is 29.0 Å². The van der Waals surface area contributed by atoms with Crippen LogP contribution in [0.1, 0.15) is 74.0 Å². The Morgan fingerprint density at radius 2 is 1.42 bits per heavy atom. The first-order valence-electron chi connectivity index (χ1n) is 12.1. The zero-order valence-electron chi connectivity index (χ0n) is 20.3. The molecule has 3 aromatic rings. The smallest absolute Gasteiger partial charge is 0.338 e. The van der Waals surface area contributed by atoms with Gasteiger partial charge in [0.2, 0.25) is 0 Å². The molecule has 2 unspecified atom stereocenters. The minimum atomic E-state index is -0.313. The Morgan fingerprint density at radius 1 is 0.818 bits per heavy atom. The molecule has 0 N–H and O–H groups in total. The van der Waals surface area contributed by atoms with Gasteiger partial charge in [0.25, 0.3) is 0 Å². The van der Waals surface area contributed by atoms with E-state index in [1.165, 1.54) is 31.2 Å². The lowest BCUT2D eigenvalue weighted by Crippen LogP contribution is -2.09. The van der Waals surface area contributed by atoms with E-state index in [1.807, 2.05) is 74.5 Å². The van der Waals surface area contributed by atoms with Gasteiger partial charge in [0.15, 0.2) is 0 Å². The number of unbranched alkanes of at least 4 members (excludes halogenated alkanes) is 2. The quantitative estimate of drug-likeness (QED) is 0.221. The van der Waals surface area contributed by atoms with Crippen LogP contribution in [0.4, 0.5) is 0 Å². The van der Waals surface area contributed by atoms with E-state index in [-0.39, 0.29) is 12.1 Å². The van der Waals surface area contributed by atoms with Crippen molar-refractivity contribution in [2.24, 2.45) is 5.92 Å². The Labute approximate surface area is 198 Å². The average molecular weight is 445 g/mol. The largest absolute Gasteiger partial charge is 0.493 e. The van der Waals surface area contributed by atoms with Crippen LogP contribution in [-0.2, 0) is 4.74 Å². The fraction of sp³-hybridized carbons (Fsp3) is 0.367. The highest BCUT2D eigenvalue weighted by molar-refractivity contribution is 5.90. The highest BCUT2D eigenvalue weighted by Crippen LogP contribution is 2.25. The van der Waals surface area contributed by atoms with Crippen LogP contribution in [0, 0.1) is 12.8 Å². The van der Waals surface area contributed by atoms with Gasteiger partial charge in [0, 0.05) is 0 Å². The van der Waals surface area contributed by atoms with E-state index < -0.39 is 0 Å². The van der Waals surface area contributed by atoms with Crippen LogP contribution in [0.3, 0.4) is 0 Å². The van der Waals surface area contributed by atoms with Crippen molar-refractivity contribution in [2.45, 2.75) is 59.5 Å². The van der Waals surface area contributed by atoms with Gasteiger partial charge in [-0.05, 0) is 67.1 Å². The predicted molar refractivity (Wildman–Crippen MR) is 136 cm³/mol. The molecule has 0 aliphatic heterocycles. The summed E-state index contributed by atoms with van der Waals surface area (Å²) in [7, 11) is 0. The number of carbonyl (C=O) groups excluding carboxylic acids is 1. The molecule has 174 valence electrons. The molecule has 0 fully saturated rings. The van der Waals surface area contributed by atoms with Gasteiger partial charge in [-0.25, -0.2) is 4.79 Å². The van der Waals surface area contributed by atoms with Crippen molar-refractivity contribution in [3.63, 3.8) is 0 Å². The van der Waals surface area contributed by atoms with Crippen LogP contribution in [0.2, 0.25) is 0 Å². The zero-order valence-corrected chi connectivity index (χ0v) is 20.3. The lowest BCUT2D eigenvalue weighted by Gasteiger charge is -2.14. The summed E-state index contributed by atoms with van der Waals surface area (Å²) in [6.07, 6.45) is 4.74. The number of aryl methyl sites for hydroxylation is 1. The minimum absolute atomic E-state index is 0.292. The molecule has 3 rings (SSSR count). The number of carbonyl (C=O) groups is 1. The standard InChI is InChI=1S/C30H36O3/c1-5-6-7-8-23(3)21-32-29-19-17-27(18-20-29)26-13-15-28(16-14-26)30(31)33-24(4)25-11-9-22(2)10-12-25/h9-20,23-24H,5-8,21H2,1-4H3. The normalized spacial score (nSPS) is 12.7. The Morgan fingerprint density at radius 3 is 2.03 bits per heavy atom. The van der Waals surface area contributed by atoms with Gasteiger partial charge in [-0.3, -0.25) is 0 Å². The van der Waals surface area contributed by atoms with Crippen molar-refractivity contribution in [1.29, 1.82) is 0 Å². The first-order chi connectivity index (χ1) is 16.0. The molecule has 0 aliphatic carbocycles. The second-order valence-electron chi connectivity index (χ2n) is 8.97. The summed E-state index contributed by atoms with van der Waals surface area (Å²) in [4.78, 5) is 12.6. The van der Waals surface area contributed by atoms with Gasteiger partial charge in [-0.2, -0.15) is 0 Å². The summed E-state index contributed by atoms with van der Waals surface area (Å²) < 4.78 is 11.6. The molecule has 3 aromatic carbocycles. The summed E-state index contributed by atoms with van der Waals surface area (Å²) in [5, 5.41) is 0. The van der Waals surface area contributed by atoms with Crippen molar-refractivity contribution >= 4 is 5.97 Å². The first-order valence-corrected chi connectivity index (χ1v) is 12.1. The maximum absolute atomic E-state index is 12.6. The molecule has 0 spiro atoms. The summed E-state index contributed by atoms with van der Waals surface area (Å²) in [6, 6.07) is 23.7. The van der Waals surface area contributed by atoms with Crippen LogP contribution in [0.5, 0.6) is 5.75 Å². The summed E-state index contributed by atoms with van der Waals surface area (Å²) in [5.41, 5.74) is 4.87. The highest BCUT2D eigenvalue weighted by Gasteiger charge is 2.14. The van der Waals surface area contributed by atoms with Crippen LogP contribution in [0.15, 0.2) is 72.8 Å². The number of benzene rings is 3. The molecule has 0 heterocycles. The summed E-state index contributed by atoms with van der Waals surface area (Å²) >= 11 is 0. The molecular weight excluding hydrogens is 408 g/mol. The summed E-state index contributed by atoms with van der Waals surface area (Å²) in [6.45, 7) is 9.17. The monoisotopic (exact) mass is 444 g/mol. The van der Waals surface area contributed by atoms with Gasteiger partial charge in [0.05, 0.1) is 12.2 Å². The van der Waals surface area contributed by atoms with Crippen molar-refractivity contribution in [2.75, 3.05) is 6.61 Å². The van der Waals surface area contributed by atoms with Crippen LogP contribution in [0.25, 0.3) is 11.1 Å². The molecule has 0 saturated carbocycles. The second-order valence-corrected chi connectivity index (χ2v) is 8.97. The average Bonchev–Trinajstić information content (AvgIpc) is 2.83. The van der Waals surface area contributed by atoms with Crippen LogP contribution in [-0.4, -0.2) is 12.6 Å². The molecule has 0 bridgehead atoms. The van der Waals surface area contributed by atoms with Crippen molar-refractivity contribution in [3.05, 3.63) is 89.5 Å². The van der Waals surface area contributed by atoms with Gasteiger partial charge in [-0.1, -0.05) is 87.2 Å². The third kappa shape index (κ3) is 7.49. The molecule has 3 nitrogen and oxygen atoms in total.